The van der Waals surface area contributed by atoms with E-state index in [0.717, 1.165) is 31.0 Å². The number of nitrogens with zero attached hydrogens (tertiary/aromatic N) is 2. The molecule has 0 spiro atoms. The van der Waals surface area contributed by atoms with Crippen LogP contribution in [0.15, 0.2) is 6.33 Å². The van der Waals surface area contributed by atoms with Crippen molar-refractivity contribution in [1.29, 1.82) is 0 Å². The molecule has 1 aromatic heterocycles. The number of ether oxygens (including phenoxy) is 2. The first kappa shape index (κ1) is 13.7. The third kappa shape index (κ3) is 4.56. The minimum Gasteiger partial charge on any atom is -0.475 e. The van der Waals surface area contributed by atoms with Gasteiger partial charge in [-0.1, -0.05) is 6.92 Å². The second kappa shape index (κ2) is 7.84. The van der Waals surface area contributed by atoms with Gasteiger partial charge in [-0.25, -0.2) is 9.97 Å². The molecule has 5 nitrogen and oxygen atoms in total. The van der Waals surface area contributed by atoms with Gasteiger partial charge in [0, 0.05) is 13.2 Å². The predicted molar refractivity (Wildman–Crippen MR) is 67.5 cm³/mol. The number of hydrogen-bond acceptors (Lipinski definition) is 5. The van der Waals surface area contributed by atoms with E-state index in [0.29, 0.717) is 19.1 Å². The average molecular weight is 239 g/mol. The lowest BCUT2D eigenvalue weighted by Gasteiger charge is -2.11. The molecule has 17 heavy (non-hydrogen) atoms. The molecule has 96 valence electrons. The van der Waals surface area contributed by atoms with Crippen molar-refractivity contribution in [3.05, 3.63) is 11.9 Å². The summed E-state index contributed by atoms with van der Waals surface area (Å²) in [5.41, 5.74) is 0.935. The number of anilines is 1. The molecule has 0 saturated carbocycles. The topological polar surface area (TPSA) is 56.3 Å². The van der Waals surface area contributed by atoms with E-state index in [2.05, 4.69) is 22.2 Å². The van der Waals surface area contributed by atoms with E-state index >= 15 is 0 Å². The number of nitrogens with one attached hydrogen (secondary N) is 1. The van der Waals surface area contributed by atoms with Crippen LogP contribution in [0.3, 0.4) is 0 Å². The first-order chi connectivity index (χ1) is 8.29. The van der Waals surface area contributed by atoms with Crippen molar-refractivity contribution < 1.29 is 9.47 Å². The molecule has 1 aromatic rings. The summed E-state index contributed by atoms with van der Waals surface area (Å²) in [6.45, 7) is 8.77. The fourth-order valence-corrected chi connectivity index (χ4v) is 1.37. The van der Waals surface area contributed by atoms with Crippen molar-refractivity contribution in [3.8, 4) is 5.88 Å². The molecule has 0 aliphatic carbocycles. The van der Waals surface area contributed by atoms with Gasteiger partial charge in [-0.2, -0.15) is 0 Å². The summed E-state index contributed by atoms with van der Waals surface area (Å²) in [6, 6.07) is 0. The summed E-state index contributed by atoms with van der Waals surface area (Å²) in [6.07, 6.45) is 2.53. The Morgan fingerprint density at radius 3 is 2.71 bits per heavy atom. The van der Waals surface area contributed by atoms with E-state index in [1.54, 1.807) is 0 Å². The third-order valence-corrected chi connectivity index (χ3v) is 2.20. The van der Waals surface area contributed by atoms with Crippen molar-refractivity contribution in [3.63, 3.8) is 0 Å². The number of aromatic nitrogens is 2. The smallest absolute Gasteiger partial charge is 0.221 e. The maximum atomic E-state index is 5.55. The molecule has 0 amide bonds. The highest BCUT2D eigenvalue weighted by atomic mass is 16.5. The molecule has 0 unspecified atom stereocenters. The summed E-state index contributed by atoms with van der Waals surface area (Å²) < 4.78 is 10.9. The Labute approximate surface area is 103 Å². The summed E-state index contributed by atoms with van der Waals surface area (Å²) in [4.78, 5) is 8.26. The van der Waals surface area contributed by atoms with Gasteiger partial charge in [0.15, 0.2) is 0 Å². The van der Waals surface area contributed by atoms with Crippen LogP contribution in [0.2, 0.25) is 0 Å². The van der Waals surface area contributed by atoms with Crippen LogP contribution < -0.4 is 10.1 Å². The normalized spacial score (nSPS) is 10.3. The van der Waals surface area contributed by atoms with Crippen LogP contribution in [0.25, 0.3) is 0 Å². The van der Waals surface area contributed by atoms with Crippen LogP contribution in [0.4, 0.5) is 5.82 Å². The first-order valence-electron chi connectivity index (χ1n) is 6.05. The molecule has 0 bridgehead atoms. The molecule has 1 rings (SSSR count). The quantitative estimate of drug-likeness (QED) is 0.703. The molecule has 0 radical (unpaired) electrons. The van der Waals surface area contributed by atoms with Crippen molar-refractivity contribution in [2.75, 3.05) is 31.7 Å². The Morgan fingerprint density at radius 1 is 1.18 bits per heavy atom. The maximum Gasteiger partial charge on any atom is 0.221 e. The van der Waals surface area contributed by atoms with E-state index in [4.69, 9.17) is 9.47 Å². The summed E-state index contributed by atoms with van der Waals surface area (Å²) in [7, 11) is 0. The van der Waals surface area contributed by atoms with Crippen molar-refractivity contribution in [2.45, 2.75) is 27.2 Å². The summed E-state index contributed by atoms with van der Waals surface area (Å²) >= 11 is 0. The molecule has 0 aliphatic heterocycles. The molecule has 5 heteroatoms. The zero-order valence-corrected chi connectivity index (χ0v) is 10.8. The molecule has 1 heterocycles. The van der Waals surface area contributed by atoms with Crippen molar-refractivity contribution in [2.24, 2.45) is 0 Å². The van der Waals surface area contributed by atoms with Crippen LogP contribution in [-0.4, -0.2) is 36.3 Å². The average Bonchev–Trinajstić information content (AvgIpc) is 2.33. The van der Waals surface area contributed by atoms with Gasteiger partial charge in [0.2, 0.25) is 5.88 Å². The van der Waals surface area contributed by atoms with Crippen LogP contribution in [0.5, 0.6) is 5.88 Å². The second-order valence-corrected chi connectivity index (χ2v) is 3.64. The van der Waals surface area contributed by atoms with Crippen molar-refractivity contribution in [1.82, 2.24) is 9.97 Å². The monoisotopic (exact) mass is 239 g/mol. The molecule has 0 aliphatic rings. The van der Waals surface area contributed by atoms with Gasteiger partial charge >= 0.3 is 0 Å². The minimum atomic E-state index is 0.517. The zero-order chi connectivity index (χ0) is 12.5. The molecular weight excluding hydrogens is 218 g/mol. The molecule has 0 atom stereocenters. The Morgan fingerprint density at radius 2 is 2.00 bits per heavy atom. The largest absolute Gasteiger partial charge is 0.475 e. The van der Waals surface area contributed by atoms with E-state index in [1.165, 1.54) is 6.33 Å². The SMILES string of the molecule is CCCOCCOc1ncnc(NCC)c1C. The molecular formula is C12H21N3O2. The Kier molecular flexibility index (Phi) is 6.32. The highest BCUT2D eigenvalue weighted by Crippen LogP contribution is 2.19. The fraction of sp³-hybridized carbons (Fsp3) is 0.667. The lowest BCUT2D eigenvalue weighted by molar-refractivity contribution is 0.0987. The van der Waals surface area contributed by atoms with Gasteiger partial charge in [-0.05, 0) is 20.3 Å². The number of hydrogen-bond donors (Lipinski definition) is 1. The second-order valence-electron chi connectivity index (χ2n) is 3.64. The highest BCUT2D eigenvalue weighted by Gasteiger charge is 2.06. The van der Waals surface area contributed by atoms with Crippen molar-refractivity contribution >= 4 is 5.82 Å². The van der Waals surface area contributed by atoms with Gasteiger partial charge in [0.25, 0.3) is 0 Å². The zero-order valence-electron chi connectivity index (χ0n) is 10.8. The summed E-state index contributed by atoms with van der Waals surface area (Å²) in [5, 5.41) is 3.16. The third-order valence-electron chi connectivity index (χ3n) is 2.20. The Balaban J connectivity index is 2.44. The van der Waals surface area contributed by atoms with Crippen LogP contribution in [0.1, 0.15) is 25.8 Å². The highest BCUT2D eigenvalue weighted by molar-refractivity contribution is 5.47. The van der Waals surface area contributed by atoms with Gasteiger partial charge in [0.1, 0.15) is 18.8 Å². The van der Waals surface area contributed by atoms with E-state index in [9.17, 15) is 0 Å². The van der Waals surface area contributed by atoms with Gasteiger partial charge in [0.05, 0.1) is 12.2 Å². The number of rotatable bonds is 8. The van der Waals surface area contributed by atoms with Crippen LogP contribution in [-0.2, 0) is 4.74 Å². The van der Waals surface area contributed by atoms with E-state index in [-0.39, 0.29) is 0 Å². The maximum absolute atomic E-state index is 5.55. The first-order valence-corrected chi connectivity index (χ1v) is 6.05. The Bertz CT molecular complexity index is 332. The van der Waals surface area contributed by atoms with Crippen LogP contribution >= 0.6 is 0 Å². The van der Waals surface area contributed by atoms with Gasteiger partial charge < -0.3 is 14.8 Å². The standard InChI is InChI=1S/C12H21N3O2/c1-4-6-16-7-8-17-12-10(3)11(13-5-2)14-9-15-12/h9H,4-8H2,1-3H3,(H,13,14,15). The summed E-state index contributed by atoms with van der Waals surface area (Å²) in [5.74, 6) is 1.45. The molecule has 1 N–H and O–H groups in total. The Hall–Kier alpha value is -1.36. The predicted octanol–water partition coefficient (Wildman–Crippen LogP) is 2.02. The van der Waals surface area contributed by atoms with E-state index in [1.807, 2.05) is 13.8 Å². The molecule has 0 saturated heterocycles. The molecule has 0 aromatic carbocycles. The fourth-order valence-electron chi connectivity index (χ4n) is 1.37. The van der Waals surface area contributed by atoms with E-state index < -0.39 is 0 Å². The van der Waals surface area contributed by atoms with Gasteiger partial charge in [-0.15, -0.1) is 0 Å². The lowest BCUT2D eigenvalue weighted by atomic mass is 10.3. The van der Waals surface area contributed by atoms with Crippen LogP contribution in [0, 0.1) is 6.92 Å². The molecule has 0 fully saturated rings. The lowest BCUT2D eigenvalue weighted by Crippen LogP contribution is -2.10. The van der Waals surface area contributed by atoms with Gasteiger partial charge in [-0.3, -0.25) is 0 Å². The minimum absolute atomic E-state index is 0.517.